The number of hydrogen-bond acceptors (Lipinski definition) is 4. The molecule has 0 fully saturated rings. The van der Waals surface area contributed by atoms with Crippen LogP contribution < -0.4 is 4.90 Å². The summed E-state index contributed by atoms with van der Waals surface area (Å²) in [6.07, 6.45) is -11.7. The lowest BCUT2D eigenvalue weighted by atomic mass is 10.1. The summed E-state index contributed by atoms with van der Waals surface area (Å²) in [5.74, 6) is -5.78. The Kier molecular flexibility index (Phi) is 5.62. The normalized spacial score (nSPS) is 13.3. The molecule has 1 aromatic rings. The highest BCUT2D eigenvalue weighted by Crippen LogP contribution is 2.48. The van der Waals surface area contributed by atoms with Gasteiger partial charge < -0.3 is 4.90 Å². The fourth-order valence-electron chi connectivity index (χ4n) is 1.65. The summed E-state index contributed by atoms with van der Waals surface area (Å²) >= 11 is 4.65. The van der Waals surface area contributed by atoms with Crippen molar-refractivity contribution in [3.63, 3.8) is 0 Å². The molecule has 132 valence electrons. The Morgan fingerprint density at radius 3 is 1.83 bits per heavy atom. The van der Waals surface area contributed by atoms with Gasteiger partial charge in [0.15, 0.2) is 5.13 Å². The molecule has 1 aromatic heterocycles. The first-order valence-electron chi connectivity index (χ1n) is 6.09. The van der Waals surface area contributed by atoms with Crippen molar-refractivity contribution in [3.05, 3.63) is 15.1 Å². The van der Waals surface area contributed by atoms with E-state index in [1.807, 2.05) is 0 Å². The van der Waals surface area contributed by atoms with Gasteiger partial charge in [-0.15, -0.1) is 0 Å². The molecule has 0 aliphatic rings. The number of halogens is 8. The third-order valence-corrected chi connectivity index (χ3v) is 4.18. The Labute approximate surface area is 134 Å². The predicted molar refractivity (Wildman–Crippen MR) is 71.5 cm³/mol. The molecule has 1 rings (SSSR count). The van der Waals surface area contributed by atoms with Crippen LogP contribution in [-0.2, 0) is 12.1 Å². The lowest BCUT2D eigenvalue weighted by Crippen LogP contribution is -2.37. The van der Waals surface area contributed by atoms with Crippen LogP contribution in [0.25, 0.3) is 0 Å². The minimum Gasteiger partial charge on any atom is -0.349 e. The molecular weight excluding hydrogens is 376 g/mol. The van der Waals surface area contributed by atoms with Crippen molar-refractivity contribution in [3.8, 4) is 0 Å². The summed E-state index contributed by atoms with van der Waals surface area (Å²) in [6, 6.07) is 0. The zero-order chi connectivity index (χ0) is 18.2. The van der Waals surface area contributed by atoms with Crippen molar-refractivity contribution >= 4 is 28.7 Å². The van der Waals surface area contributed by atoms with E-state index in [2.05, 4.69) is 17.2 Å². The zero-order valence-electron chi connectivity index (χ0n) is 11.6. The van der Waals surface area contributed by atoms with Gasteiger partial charge in [0.25, 0.3) is 0 Å². The van der Waals surface area contributed by atoms with Crippen LogP contribution in [0.5, 0.6) is 0 Å². The number of aromatic nitrogens is 1. The maximum Gasteiger partial charge on any atom is 0.459 e. The summed E-state index contributed by atoms with van der Waals surface area (Å²) in [6.45, 7) is 3.38. The van der Waals surface area contributed by atoms with Crippen molar-refractivity contribution < 1.29 is 35.1 Å². The maximum atomic E-state index is 13.5. The average Bonchev–Trinajstić information content (AvgIpc) is 2.36. The van der Waals surface area contributed by atoms with E-state index in [4.69, 9.17) is 0 Å². The van der Waals surface area contributed by atoms with Crippen molar-refractivity contribution in [1.82, 2.24) is 4.98 Å². The third kappa shape index (κ3) is 3.90. The summed E-state index contributed by atoms with van der Waals surface area (Å²) in [7, 11) is 0. The molecule has 0 spiro atoms. The first kappa shape index (κ1) is 20.0. The maximum absolute atomic E-state index is 13.5. The van der Waals surface area contributed by atoms with Gasteiger partial charge in [-0.3, -0.25) is 0 Å². The quantitative estimate of drug-likeness (QED) is 0.510. The monoisotopic (exact) mass is 386 g/mol. The molecular formula is C11H10F8N2S2. The van der Waals surface area contributed by atoms with Gasteiger partial charge in [0.2, 0.25) is 0 Å². The van der Waals surface area contributed by atoms with Gasteiger partial charge in [0, 0.05) is 13.1 Å². The van der Waals surface area contributed by atoms with Gasteiger partial charge in [-0.2, -0.15) is 35.1 Å². The van der Waals surface area contributed by atoms with Gasteiger partial charge in [0.05, 0.1) is 0 Å². The van der Waals surface area contributed by atoms with Crippen LogP contribution >= 0.6 is 23.6 Å². The van der Waals surface area contributed by atoms with Crippen LogP contribution in [0.1, 0.15) is 25.1 Å². The highest BCUT2D eigenvalue weighted by Gasteiger charge is 2.63. The zero-order valence-corrected chi connectivity index (χ0v) is 13.3. The number of anilines is 1. The molecule has 0 unspecified atom stereocenters. The van der Waals surface area contributed by atoms with E-state index in [-0.39, 0.29) is 24.4 Å². The van der Waals surface area contributed by atoms with Crippen LogP contribution in [0.3, 0.4) is 0 Å². The summed E-state index contributed by atoms with van der Waals surface area (Å²) < 4.78 is 102. The Balaban J connectivity index is 3.79. The molecule has 0 saturated heterocycles. The van der Waals surface area contributed by atoms with Crippen LogP contribution in [0.4, 0.5) is 40.3 Å². The number of hydrogen-bond donors (Lipinski definition) is 0. The Bertz CT molecular complexity index is 616. The second-order valence-electron chi connectivity index (χ2n) is 4.25. The molecule has 0 aliphatic heterocycles. The van der Waals surface area contributed by atoms with E-state index in [9.17, 15) is 35.1 Å². The SMILES string of the molecule is CCN(CC)c1nc(C(F)(F)C(F)(F)F)c(C(F)(F)F)c(=S)s1. The van der Waals surface area contributed by atoms with Crippen LogP contribution in [0.15, 0.2) is 0 Å². The largest absolute Gasteiger partial charge is 0.459 e. The van der Waals surface area contributed by atoms with Gasteiger partial charge in [-0.25, -0.2) is 4.98 Å². The van der Waals surface area contributed by atoms with E-state index in [1.165, 1.54) is 4.90 Å². The molecule has 0 aliphatic carbocycles. The summed E-state index contributed by atoms with van der Waals surface area (Å²) in [4.78, 5) is 4.20. The van der Waals surface area contributed by atoms with Gasteiger partial charge in [-0.05, 0) is 13.8 Å². The van der Waals surface area contributed by atoms with Crippen LogP contribution in [0, 0.1) is 3.82 Å². The highest BCUT2D eigenvalue weighted by atomic mass is 32.1. The number of alkyl halides is 8. The molecule has 0 saturated carbocycles. The van der Waals surface area contributed by atoms with Gasteiger partial charge in [-0.1, -0.05) is 23.6 Å². The molecule has 0 bridgehead atoms. The van der Waals surface area contributed by atoms with E-state index in [1.54, 1.807) is 13.8 Å². The molecule has 1 heterocycles. The van der Waals surface area contributed by atoms with Crippen LogP contribution in [0.2, 0.25) is 0 Å². The molecule has 23 heavy (non-hydrogen) atoms. The van der Waals surface area contributed by atoms with Crippen molar-refractivity contribution in [2.24, 2.45) is 0 Å². The summed E-state index contributed by atoms with van der Waals surface area (Å²) in [5.41, 5.74) is -4.64. The molecule has 0 amide bonds. The van der Waals surface area contributed by atoms with Crippen molar-refractivity contribution in [2.45, 2.75) is 32.1 Å². The van der Waals surface area contributed by atoms with Crippen molar-refractivity contribution in [2.75, 3.05) is 18.0 Å². The molecule has 0 atom stereocenters. The molecule has 0 aromatic carbocycles. The second kappa shape index (κ2) is 6.46. The third-order valence-electron chi connectivity index (χ3n) is 2.80. The summed E-state index contributed by atoms with van der Waals surface area (Å²) in [5, 5.41) is -0.424. The standard InChI is InChI=1S/C11H10F8N2S2/c1-3-21(4-2)8-20-6(9(12,13)11(17,18)19)5(7(22)23-8)10(14,15)16/h3-4H2,1-2H3. The second-order valence-corrected chi connectivity index (χ2v) is 5.89. The lowest BCUT2D eigenvalue weighted by Gasteiger charge is -2.25. The highest BCUT2D eigenvalue weighted by molar-refractivity contribution is 7.73. The predicted octanol–water partition coefficient (Wildman–Crippen LogP) is 5.39. The smallest absolute Gasteiger partial charge is 0.349 e. The van der Waals surface area contributed by atoms with E-state index >= 15 is 0 Å². The first-order chi connectivity index (χ1) is 10.3. The van der Waals surface area contributed by atoms with Crippen LogP contribution in [-0.4, -0.2) is 24.2 Å². The number of nitrogens with zero attached hydrogens (tertiary/aromatic N) is 2. The van der Waals surface area contributed by atoms with Gasteiger partial charge >= 0.3 is 18.3 Å². The average molecular weight is 386 g/mol. The molecule has 12 heteroatoms. The lowest BCUT2D eigenvalue weighted by molar-refractivity contribution is -0.292. The fourth-order valence-corrected chi connectivity index (χ4v) is 3.09. The Morgan fingerprint density at radius 2 is 1.48 bits per heavy atom. The molecule has 2 nitrogen and oxygen atoms in total. The van der Waals surface area contributed by atoms with Crippen molar-refractivity contribution in [1.29, 1.82) is 0 Å². The Hall–Kier alpha value is -1.04. The van der Waals surface area contributed by atoms with E-state index in [0.717, 1.165) is 0 Å². The topological polar surface area (TPSA) is 16.1 Å². The van der Waals surface area contributed by atoms with Gasteiger partial charge in [0.1, 0.15) is 15.1 Å². The van der Waals surface area contributed by atoms with E-state index < -0.39 is 38.5 Å². The van der Waals surface area contributed by atoms with E-state index in [0.29, 0.717) is 0 Å². The minimum atomic E-state index is -6.23. The molecule has 0 N–H and O–H groups in total. The molecule has 0 radical (unpaired) electrons. The Morgan fingerprint density at radius 1 is 1.00 bits per heavy atom. The fraction of sp³-hybridized carbons (Fsp3) is 0.636. The first-order valence-corrected chi connectivity index (χ1v) is 7.32. The number of rotatable bonds is 4. The minimum absolute atomic E-state index is 0.150.